The first-order chi connectivity index (χ1) is 13.1. The number of carbonyl (C=O) groups excluding carboxylic acids is 1. The van der Waals surface area contributed by atoms with Crippen LogP contribution in [0.2, 0.25) is 0 Å². The van der Waals surface area contributed by atoms with E-state index in [1.165, 1.54) is 0 Å². The van der Waals surface area contributed by atoms with Crippen LogP contribution in [0.15, 0.2) is 54.6 Å². The molecule has 4 heteroatoms. The zero-order valence-electron chi connectivity index (χ0n) is 15.7. The molecule has 0 aliphatic carbocycles. The molecule has 2 fully saturated rings. The van der Waals surface area contributed by atoms with E-state index >= 15 is 0 Å². The summed E-state index contributed by atoms with van der Waals surface area (Å²) in [7, 11) is 0. The fourth-order valence-corrected chi connectivity index (χ4v) is 4.42. The van der Waals surface area contributed by atoms with E-state index in [1.807, 2.05) is 41.3 Å². The number of aliphatic hydroxyl groups is 1. The van der Waals surface area contributed by atoms with Crippen LogP contribution in [-0.2, 0) is 6.42 Å². The standard InChI is InChI=1S/C23H28N2O2/c26-22(21-9-5-4-8-20(21)19-10-13-24-17-19)25-14-11-23(27,12-15-25)16-18-6-2-1-3-7-18/h1-9,19,24,27H,10-17H2/t19-/m1/s1. The average Bonchev–Trinajstić information content (AvgIpc) is 3.23. The minimum absolute atomic E-state index is 0.110. The average molecular weight is 364 g/mol. The molecule has 1 atom stereocenters. The molecule has 4 rings (SSSR count). The zero-order chi connectivity index (χ0) is 18.7. The molecule has 2 aliphatic rings. The molecule has 0 aromatic heterocycles. The SMILES string of the molecule is O=C(c1ccccc1[C@@H]1CCNC1)N1CCC(O)(Cc2ccccc2)CC1. The lowest BCUT2D eigenvalue weighted by Crippen LogP contribution is -2.48. The van der Waals surface area contributed by atoms with Crippen LogP contribution in [0.1, 0.15) is 46.7 Å². The summed E-state index contributed by atoms with van der Waals surface area (Å²) in [4.78, 5) is 15.1. The van der Waals surface area contributed by atoms with Crippen molar-refractivity contribution in [1.82, 2.24) is 10.2 Å². The van der Waals surface area contributed by atoms with E-state index in [9.17, 15) is 9.90 Å². The maximum Gasteiger partial charge on any atom is 0.254 e. The number of carbonyl (C=O) groups is 1. The van der Waals surface area contributed by atoms with Crippen LogP contribution in [0.3, 0.4) is 0 Å². The molecule has 0 saturated carbocycles. The predicted octanol–water partition coefficient (Wildman–Crippen LogP) is 2.97. The number of likely N-dealkylation sites (tertiary alicyclic amines) is 1. The van der Waals surface area contributed by atoms with Crippen LogP contribution >= 0.6 is 0 Å². The van der Waals surface area contributed by atoms with E-state index in [-0.39, 0.29) is 5.91 Å². The van der Waals surface area contributed by atoms with Crippen molar-refractivity contribution in [2.45, 2.75) is 37.2 Å². The van der Waals surface area contributed by atoms with Crippen molar-refractivity contribution in [3.63, 3.8) is 0 Å². The first-order valence-corrected chi connectivity index (χ1v) is 10.00. The number of hydrogen-bond donors (Lipinski definition) is 2. The Bertz CT molecular complexity index is 776. The van der Waals surface area contributed by atoms with Gasteiger partial charge >= 0.3 is 0 Å². The van der Waals surface area contributed by atoms with Gasteiger partial charge in [0.1, 0.15) is 0 Å². The van der Waals surface area contributed by atoms with Gasteiger partial charge in [-0.05, 0) is 48.9 Å². The van der Waals surface area contributed by atoms with Crippen molar-refractivity contribution in [2.24, 2.45) is 0 Å². The quantitative estimate of drug-likeness (QED) is 0.877. The van der Waals surface area contributed by atoms with Crippen LogP contribution in [0, 0.1) is 0 Å². The highest BCUT2D eigenvalue weighted by atomic mass is 16.3. The van der Waals surface area contributed by atoms with Gasteiger partial charge in [-0.15, -0.1) is 0 Å². The van der Waals surface area contributed by atoms with E-state index < -0.39 is 5.60 Å². The van der Waals surface area contributed by atoms with Gasteiger partial charge in [0.15, 0.2) is 0 Å². The minimum atomic E-state index is -0.715. The molecule has 0 radical (unpaired) electrons. The molecule has 0 spiro atoms. The second-order valence-electron chi connectivity index (χ2n) is 7.96. The largest absolute Gasteiger partial charge is 0.389 e. The number of nitrogens with zero attached hydrogens (tertiary/aromatic N) is 1. The smallest absolute Gasteiger partial charge is 0.254 e. The number of piperidine rings is 1. The van der Waals surface area contributed by atoms with Gasteiger partial charge in [0.05, 0.1) is 5.60 Å². The van der Waals surface area contributed by atoms with Crippen molar-refractivity contribution >= 4 is 5.91 Å². The lowest BCUT2D eigenvalue weighted by Gasteiger charge is -2.38. The molecule has 2 aromatic rings. The monoisotopic (exact) mass is 364 g/mol. The van der Waals surface area contributed by atoms with Crippen molar-refractivity contribution < 1.29 is 9.90 Å². The van der Waals surface area contributed by atoms with Crippen molar-refractivity contribution in [3.8, 4) is 0 Å². The number of nitrogens with one attached hydrogen (secondary N) is 1. The van der Waals surface area contributed by atoms with Crippen LogP contribution in [0.25, 0.3) is 0 Å². The summed E-state index contributed by atoms with van der Waals surface area (Å²) < 4.78 is 0. The third-order valence-corrected chi connectivity index (χ3v) is 6.05. The van der Waals surface area contributed by atoms with Gasteiger partial charge in [0, 0.05) is 31.6 Å². The van der Waals surface area contributed by atoms with E-state index in [2.05, 4.69) is 23.5 Å². The third-order valence-electron chi connectivity index (χ3n) is 6.05. The minimum Gasteiger partial charge on any atom is -0.389 e. The number of amides is 1. The number of rotatable bonds is 4. The summed E-state index contributed by atoms with van der Waals surface area (Å²) in [5, 5.41) is 14.4. The zero-order valence-corrected chi connectivity index (χ0v) is 15.7. The summed E-state index contributed by atoms with van der Waals surface area (Å²) >= 11 is 0. The molecule has 1 amide bonds. The Balaban J connectivity index is 1.43. The Morgan fingerprint density at radius 3 is 2.48 bits per heavy atom. The molecular weight excluding hydrogens is 336 g/mol. The molecule has 2 aromatic carbocycles. The second kappa shape index (κ2) is 7.83. The molecule has 4 nitrogen and oxygen atoms in total. The van der Waals surface area contributed by atoms with Crippen LogP contribution < -0.4 is 5.32 Å². The molecular formula is C23H28N2O2. The summed E-state index contributed by atoms with van der Waals surface area (Å²) in [5.41, 5.74) is 2.43. The van der Waals surface area contributed by atoms with Crippen molar-refractivity contribution in [2.75, 3.05) is 26.2 Å². The van der Waals surface area contributed by atoms with Crippen LogP contribution in [0.4, 0.5) is 0 Å². The maximum atomic E-state index is 13.2. The molecule has 2 N–H and O–H groups in total. The first kappa shape index (κ1) is 18.2. The van der Waals surface area contributed by atoms with Crippen molar-refractivity contribution in [1.29, 1.82) is 0 Å². The lowest BCUT2D eigenvalue weighted by atomic mass is 9.85. The fraction of sp³-hybridized carbons (Fsp3) is 0.435. The number of benzene rings is 2. The Morgan fingerprint density at radius 2 is 1.78 bits per heavy atom. The lowest BCUT2D eigenvalue weighted by molar-refractivity contribution is -0.0162. The molecule has 0 unspecified atom stereocenters. The van der Waals surface area contributed by atoms with Gasteiger partial charge in [-0.2, -0.15) is 0 Å². The Hall–Kier alpha value is -2.17. The van der Waals surface area contributed by atoms with Crippen LogP contribution in [-0.4, -0.2) is 47.7 Å². The Morgan fingerprint density at radius 1 is 1.07 bits per heavy atom. The van der Waals surface area contributed by atoms with Gasteiger partial charge in [-0.3, -0.25) is 4.79 Å². The van der Waals surface area contributed by atoms with Gasteiger partial charge in [0.25, 0.3) is 5.91 Å². The summed E-state index contributed by atoms with van der Waals surface area (Å²) in [6.07, 6.45) is 2.99. The Kier molecular flexibility index (Phi) is 5.28. The van der Waals surface area contributed by atoms with E-state index in [0.29, 0.717) is 38.3 Å². The highest BCUT2D eigenvalue weighted by molar-refractivity contribution is 5.96. The third kappa shape index (κ3) is 4.07. The van der Waals surface area contributed by atoms with Gasteiger partial charge in [0.2, 0.25) is 0 Å². The summed E-state index contributed by atoms with van der Waals surface area (Å²) in [6, 6.07) is 18.2. The molecule has 2 heterocycles. The van der Waals surface area contributed by atoms with Crippen molar-refractivity contribution in [3.05, 3.63) is 71.3 Å². The Labute approximate surface area is 161 Å². The highest BCUT2D eigenvalue weighted by Crippen LogP contribution is 2.30. The maximum absolute atomic E-state index is 13.2. The van der Waals surface area contributed by atoms with E-state index in [4.69, 9.17) is 0 Å². The molecule has 0 bridgehead atoms. The highest BCUT2D eigenvalue weighted by Gasteiger charge is 2.35. The predicted molar refractivity (Wildman–Crippen MR) is 107 cm³/mol. The molecule has 142 valence electrons. The van der Waals surface area contributed by atoms with Gasteiger partial charge in [-0.1, -0.05) is 48.5 Å². The normalized spacial score (nSPS) is 22.0. The molecule has 2 saturated heterocycles. The van der Waals surface area contributed by atoms with Crippen LogP contribution in [0.5, 0.6) is 0 Å². The number of hydrogen-bond acceptors (Lipinski definition) is 3. The fourth-order valence-electron chi connectivity index (χ4n) is 4.42. The first-order valence-electron chi connectivity index (χ1n) is 10.00. The van der Waals surface area contributed by atoms with Gasteiger partial charge < -0.3 is 15.3 Å². The summed E-state index contributed by atoms with van der Waals surface area (Å²) in [5.74, 6) is 0.532. The molecule has 27 heavy (non-hydrogen) atoms. The van der Waals surface area contributed by atoms with Gasteiger partial charge in [-0.25, -0.2) is 0 Å². The topological polar surface area (TPSA) is 52.6 Å². The van der Waals surface area contributed by atoms with E-state index in [0.717, 1.165) is 36.2 Å². The van der Waals surface area contributed by atoms with E-state index in [1.54, 1.807) is 0 Å². The second-order valence-corrected chi connectivity index (χ2v) is 7.96. The molecule has 2 aliphatic heterocycles. The summed E-state index contributed by atoms with van der Waals surface area (Å²) in [6.45, 7) is 3.18.